The van der Waals surface area contributed by atoms with Crippen molar-refractivity contribution in [2.45, 2.75) is 39.2 Å². The predicted octanol–water partition coefficient (Wildman–Crippen LogP) is 5.27. The van der Waals surface area contributed by atoms with Crippen molar-refractivity contribution < 1.29 is 24.0 Å². The first-order chi connectivity index (χ1) is 16.4. The molecule has 34 heavy (non-hydrogen) atoms. The van der Waals surface area contributed by atoms with E-state index in [1.54, 1.807) is 32.2 Å². The first kappa shape index (κ1) is 23.3. The lowest BCUT2D eigenvalue weighted by atomic mass is 10.0. The van der Waals surface area contributed by atoms with Crippen LogP contribution in [0.15, 0.2) is 53.2 Å². The SMILES string of the molecule is Cc1noc(-c2ccc(NCC(CC3CC3)C(=O)O)nc2)c1NC(=O)OC(C)c1ccccc1. The summed E-state index contributed by atoms with van der Waals surface area (Å²) in [4.78, 5) is 28.3. The highest BCUT2D eigenvalue weighted by molar-refractivity contribution is 5.90. The van der Waals surface area contributed by atoms with E-state index < -0.39 is 24.1 Å². The first-order valence-corrected chi connectivity index (χ1v) is 11.3. The number of carbonyl (C=O) groups is 2. The number of aryl methyl sites for hydroxylation is 1. The van der Waals surface area contributed by atoms with Gasteiger partial charge in [-0.2, -0.15) is 0 Å². The van der Waals surface area contributed by atoms with Gasteiger partial charge in [-0.05, 0) is 43.9 Å². The molecule has 0 aliphatic heterocycles. The summed E-state index contributed by atoms with van der Waals surface area (Å²) in [7, 11) is 0. The molecule has 1 aromatic carbocycles. The average molecular weight is 465 g/mol. The zero-order valence-corrected chi connectivity index (χ0v) is 19.2. The molecule has 2 unspecified atom stereocenters. The van der Waals surface area contributed by atoms with E-state index in [-0.39, 0.29) is 0 Å². The number of rotatable bonds is 10. The number of carboxylic acids is 1. The van der Waals surface area contributed by atoms with Crippen LogP contribution in [0.1, 0.15) is 43.5 Å². The molecule has 2 aromatic heterocycles. The van der Waals surface area contributed by atoms with Crippen molar-refractivity contribution >= 4 is 23.6 Å². The summed E-state index contributed by atoms with van der Waals surface area (Å²) < 4.78 is 10.9. The van der Waals surface area contributed by atoms with Gasteiger partial charge in [-0.1, -0.05) is 48.3 Å². The van der Waals surface area contributed by atoms with Crippen LogP contribution in [0.4, 0.5) is 16.3 Å². The Labute approximate surface area is 197 Å². The van der Waals surface area contributed by atoms with Crippen molar-refractivity contribution in [3.8, 4) is 11.3 Å². The number of amides is 1. The molecule has 9 heteroatoms. The second kappa shape index (κ2) is 10.4. The molecule has 0 bridgehead atoms. The van der Waals surface area contributed by atoms with E-state index in [1.165, 1.54) is 0 Å². The molecular formula is C25H28N4O5. The normalized spacial score (nSPS) is 14.8. The number of ether oxygens (including phenoxy) is 1. The Hall–Kier alpha value is -3.88. The lowest BCUT2D eigenvalue weighted by Crippen LogP contribution is -2.23. The molecule has 9 nitrogen and oxygen atoms in total. The minimum Gasteiger partial charge on any atom is -0.481 e. The van der Waals surface area contributed by atoms with Gasteiger partial charge in [-0.15, -0.1) is 0 Å². The number of anilines is 2. The number of nitrogens with zero attached hydrogens (tertiary/aromatic N) is 2. The molecule has 3 N–H and O–H groups in total. The fraction of sp³-hybridized carbons (Fsp3) is 0.360. The van der Waals surface area contributed by atoms with Gasteiger partial charge in [0.1, 0.15) is 23.3 Å². The zero-order valence-electron chi connectivity index (χ0n) is 19.2. The molecule has 2 heterocycles. The van der Waals surface area contributed by atoms with E-state index in [0.29, 0.717) is 47.4 Å². The maximum Gasteiger partial charge on any atom is 0.412 e. The number of pyridine rings is 1. The summed E-state index contributed by atoms with van der Waals surface area (Å²) >= 11 is 0. The zero-order chi connectivity index (χ0) is 24.1. The fourth-order valence-electron chi connectivity index (χ4n) is 3.69. The number of benzene rings is 1. The van der Waals surface area contributed by atoms with E-state index in [2.05, 4.69) is 20.8 Å². The van der Waals surface area contributed by atoms with Crippen molar-refractivity contribution in [3.05, 3.63) is 59.9 Å². The summed E-state index contributed by atoms with van der Waals surface area (Å²) in [6, 6.07) is 13.0. The summed E-state index contributed by atoms with van der Waals surface area (Å²) in [6.45, 7) is 3.84. The molecule has 0 radical (unpaired) electrons. The van der Waals surface area contributed by atoms with E-state index in [4.69, 9.17) is 9.26 Å². The molecule has 3 aromatic rings. The molecule has 1 amide bonds. The highest BCUT2D eigenvalue weighted by Gasteiger charge is 2.29. The molecule has 1 saturated carbocycles. The quantitative estimate of drug-likeness (QED) is 0.370. The summed E-state index contributed by atoms with van der Waals surface area (Å²) in [5.74, 6) is 0.218. The minimum absolute atomic E-state index is 0.317. The van der Waals surface area contributed by atoms with Crippen molar-refractivity contribution in [2.24, 2.45) is 11.8 Å². The highest BCUT2D eigenvalue weighted by Crippen LogP contribution is 2.35. The summed E-state index contributed by atoms with van der Waals surface area (Å²) in [5, 5.41) is 19.2. The van der Waals surface area contributed by atoms with Gasteiger partial charge >= 0.3 is 12.1 Å². The van der Waals surface area contributed by atoms with Crippen LogP contribution >= 0.6 is 0 Å². The Morgan fingerprint density at radius 1 is 1.21 bits per heavy atom. The van der Waals surface area contributed by atoms with Gasteiger partial charge in [-0.3, -0.25) is 10.1 Å². The average Bonchev–Trinajstić information content (AvgIpc) is 3.59. The van der Waals surface area contributed by atoms with Crippen LogP contribution in [0, 0.1) is 18.8 Å². The molecule has 0 saturated heterocycles. The van der Waals surface area contributed by atoms with Crippen molar-refractivity contribution in [2.75, 3.05) is 17.2 Å². The first-order valence-electron chi connectivity index (χ1n) is 11.3. The number of carboxylic acid groups (broad SMARTS) is 1. The van der Waals surface area contributed by atoms with Gasteiger partial charge in [-0.25, -0.2) is 9.78 Å². The number of aliphatic carboxylic acids is 1. The Morgan fingerprint density at radius 2 is 1.97 bits per heavy atom. The van der Waals surface area contributed by atoms with Crippen LogP contribution in [0.5, 0.6) is 0 Å². The topological polar surface area (TPSA) is 127 Å². The number of aromatic nitrogens is 2. The Bertz CT molecular complexity index is 1130. The number of nitrogens with one attached hydrogen (secondary N) is 2. The number of hydrogen-bond acceptors (Lipinski definition) is 7. The van der Waals surface area contributed by atoms with Gasteiger partial charge in [0, 0.05) is 18.3 Å². The third-order valence-corrected chi connectivity index (χ3v) is 5.86. The fourth-order valence-corrected chi connectivity index (χ4v) is 3.69. The maximum absolute atomic E-state index is 12.5. The minimum atomic E-state index is -0.794. The van der Waals surface area contributed by atoms with E-state index >= 15 is 0 Å². The van der Waals surface area contributed by atoms with Crippen molar-refractivity contribution in [1.29, 1.82) is 0 Å². The van der Waals surface area contributed by atoms with Crippen molar-refractivity contribution in [1.82, 2.24) is 10.1 Å². The molecule has 1 aliphatic rings. The van der Waals surface area contributed by atoms with E-state index in [1.807, 2.05) is 30.3 Å². The lowest BCUT2D eigenvalue weighted by Gasteiger charge is -2.14. The number of hydrogen-bond donors (Lipinski definition) is 3. The van der Waals surface area contributed by atoms with Crippen LogP contribution in [-0.4, -0.2) is 33.9 Å². The molecule has 1 aliphatic carbocycles. The molecule has 178 valence electrons. The van der Waals surface area contributed by atoms with Crippen LogP contribution in [0.25, 0.3) is 11.3 Å². The third-order valence-electron chi connectivity index (χ3n) is 5.86. The smallest absolute Gasteiger partial charge is 0.412 e. The van der Waals surface area contributed by atoms with Gasteiger partial charge in [0.25, 0.3) is 0 Å². The number of carbonyl (C=O) groups excluding carboxylic acids is 1. The largest absolute Gasteiger partial charge is 0.481 e. The Morgan fingerprint density at radius 3 is 2.62 bits per heavy atom. The molecule has 4 rings (SSSR count). The van der Waals surface area contributed by atoms with Crippen LogP contribution < -0.4 is 10.6 Å². The predicted molar refractivity (Wildman–Crippen MR) is 126 cm³/mol. The monoisotopic (exact) mass is 464 g/mol. The summed E-state index contributed by atoms with van der Waals surface area (Å²) in [6.07, 6.45) is 3.45. The van der Waals surface area contributed by atoms with Crippen LogP contribution in [-0.2, 0) is 9.53 Å². The second-order valence-electron chi connectivity index (χ2n) is 8.58. The second-order valence-corrected chi connectivity index (χ2v) is 8.58. The standard InChI is InChI=1S/C25H28N4O5/c1-15-22(28-25(32)33-16(2)18-6-4-3-5-7-18)23(34-29-15)19-10-11-21(26-13-19)27-14-20(24(30)31)12-17-8-9-17/h3-7,10-11,13,16-17,20H,8-9,12,14H2,1-2H3,(H,26,27)(H,28,32)(H,30,31). The lowest BCUT2D eigenvalue weighted by molar-refractivity contribution is -0.141. The van der Waals surface area contributed by atoms with Gasteiger partial charge < -0.3 is 19.7 Å². The van der Waals surface area contributed by atoms with Gasteiger partial charge in [0.2, 0.25) is 0 Å². The molecule has 0 spiro atoms. The molecule has 1 fully saturated rings. The Kier molecular flexibility index (Phi) is 7.10. The van der Waals surface area contributed by atoms with E-state index in [0.717, 1.165) is 18.4 Å². The van der Waals surface area contributed by atoms with Gasteiger partial charge in [0.05, 0.1) is 5.92 Å². The molecular weight excluding hydrogens is 436 g/mol. The van der Waals surface area contributed by atoms with E-state index in [9.17, 15) is 14.7 Å². The highest BCUT2D eigenvalue weighted by atomic mass is 16.6. The van der Waals surface area contributed by atoms with Crippen molar-refractivity contribution in [3.63, 3.8) is 0 Å². The van der Waals surface area contributed by atoms with Gasteiger partial charge in [0.15, 0.2) is 5.76 Å². The maximum atomic E-state index is 12.5. The third kappa shape index (κ3) is 5.92. The summed E-state index contributed by atoms with van der Waals surface area (Å²) in [5.41, 5.74) is 2.41. The van der Waals surface area contributed by atoms with Crippen LogP contribution in [0.2, 0.25) is 0 Å². The molecule has 2 atom stereocenters. The Balaban J connectivity index is 1.39. The van der Waals surface area contributed by atoms with Crippen LogP contribution in [0.3, 0.4) is 0 Å².